The van der Waals surface area contributed by atoms with Crippen molar-refractivity contribution in [2.75, 3.05) is 0 Å². The Balaban J connectivity index is 2.67. The Morgan fingerprint density at radius 3 is 2.71 bits per heavy atom. The molecule has 0 aliphatic carbocycles. The summed E-state index contributed by atoms with van der Waals surface area (Å²) in [5.74, 6) is 0. The zero-order chi connectivity index (χ0) is 9.97. The second-order valence-corrected chi connectivity index (χ2v) is 3.97. The molecule has 0 spiro atoms. The molecule has 0 aliphatic heterocycles. The number of fused-ring (bicyclic) bond motifs is 1. The van der Waals surface area contributed by atoms with Crippen molar-refractivity contribution >= 4 is 22.4 Å². The monoisotopic (exact) mass is 204 g/mol. The van der Waals surface area contributed by atoms with E-state index in [1.54, 1.807) is 0 Å². The van der Waals surface area contributed by atoms with E-state index in [0.717, 1.165) is 17.9 Å². The predicted molar refractivity (Wildman–Crippen MR) is 63.0 cm³/mol. The second-order valence-electron chi connectivity index (χ2n) is 3.54. The number of rotatable bonds is 2. The zero-order valence-electron chi connectivity index (χ0n) is 8.26. The molecule has 1 heteroatoms. The summed E-state index contributed by atoms with van der Waals surface area (Å²) in [6.07, 6.45) is 2.26. The third-order valence-electron chi connectivity index (χ3n) is 2.43. The van der Waals surface area contributed by atoms with Gasteiger partial charge < -0.3 is 0 Å². The van der Waals surface area contributed by atoms with Gasteiger partial charge in [-0.25, -0.2) is 0 Å². The molecule has 0 saturated carbocycles. The van der Waals surface area contributed by atoms with Crippen molar-refractivity contribution in [3.05, 3.63) is 47.0 Å². The van der Waals surface area contributed by atoms with E-state index in [-0.39, 0.29) is 0 Å². The molecule has 0 N–H and O–H groups in total. The Labute approximate surface area is 89.5 Å². The lowest BCUT2D eigenvalue weighted by Gasteiger charge is -2.05. The quantitative estimate of drug-likeness (QED) is 0.678. The average molecular weight is 205 g/mol. The van der Waals surface area contributed by atoms with Gasteiger partial charge in [0.1, 0.15) is 0 Å². The van der Waals surface area contributed by atoms with E-state index in [1.807, 2.05) is 12.1 Å². The summed E-state index contributed by atoms with van der Waals surface area (Å²) in [5, 5.41) is 3.41. The maximum Gasteiger partial charge on any atom is 0.0415 e. The van der Waals surface area contributed by atoms with Crippen LogP contribution < -0.4 is 0 Å². The Kier molecular flexibility index (Phi) is 2.74. The van der Waals surface area contributed by atoms with Crippen molar-refractivity contribution in [1.29, 1.82) is 0 Å². The molecule has 2 aromatic rings. The highest BCUT2D eigenvalue weighted by atomic mass is 35.5. The van der Waals surface area contributed by atoms with Crippen molar-refractivity contribution in [3.63, 3.8) is 0 Å². The first-order valence-corrected chi connectivity index (χ1v) is 5.36. The number of hydrogen-bond donors (Lipinski definition) is 0. The van der Waals surface area contributed by atoms with Gasteiger partial charge in [0.05, 0.1) is 0 Å². The Hall–Kier alpha value is -1.01. The summed E-state index contributed by atoms with van der Waals surface area (Å²) in [6.45, 7) is 2.19. The van der Waals surface area contributed by atoms with E-state index in [4.69, 9.17) is 11.6 Å². The third kappa shape index (κ3) is 1.76. The standard InChI is InChI=1S/C13H13Cl/c1-2-5-10-8-12(14)9-11-6-3-4-7-13(10)11/h3-4,6-9H,2,5H2,1H3. The van der Waals surface area contributed by atoms with Crippen LogP contribution in [0.3, 0.4) is 0 Å². The maximum atomic E-state index is 6.06. The molecule has 0 aromatic heterocycles. The fourth-order valence-corrected chi connectivity index (χ4v) is 2.08. The normalized spacial score (nSPS) is 10.7. The lowest BCUT2D eigenvalue weighted by molar-refractivity contribution is 0.930. The smallest absolute Gasteiger partial charge is 0.0415 e. The first-order valence-electron chi connectivity index (χ1n) is 4.98. The number of halogens is 1. The minimum absolute atomic E-state index is 0.840. The minimum Gasteiger partial charge on any atom is -0.0843 e. The van der Waals surface area contributed by atoms with E-state index in [2.05, 4.69) is 31.2 Å². The SMILES string of the molecule is CCCc1cc(Cl)cc2ccccc12. The molecule has 0 fully saturated rings. The van der Waals surface area contributed by atoms with E-state index < -0.39 is 0 Å². The van der Waals surface area contributed by atoms with Gasteiger partial charge in [-0.1, -0.05) is 49.2 Å². The molecule has 14 heavy (non-hydrogen) atoms. The van der Waals surface area contributed by atoms with Crippen LogP contribution in [-0.2, 0) is 6.42 Å². The first-order chi connectivity index (χ1) is 6.81. The number of aryl methyl sites for hydroxylation is 1. The van der Waals surface area contributed by atoms with Gasteiger partial charge in [0.25, 0.3) is 0 Å². The molecule has 0 bridgehead atoms. The van der Waals surface area contributed by atoms with Gasteiger partial charge in [-0.2, -0.15) is 0 Å². The van der Waals surface area contributed by atoms with Crippen LogP contribution in [0.1, 0.15) is 18.9 Å². The van der Waals surface area contributed by atoms with E-state index in [1.165, 1.54) is 16.3 Å². The lowest BCUT2D eigenvalue weighted by Crippen LogP contribution is -1.86. The van der Waals surface area contributed by atoms with Crippen molar-refractivity contribution in [2.24, 2.45) is 0 Å². The van der Waals surface area contributed by atoms with Crippen molar-refractivity contribution in [1.82, 2.24) is 0 Å². The lowest BCUT2D eigenvalue weighted by atomic mass is 10.0. The van der Waals surface area contributed by atoms with Gasteiger partial charge >= 0.3 is 0 Å². The first kappa shape index (κ1) is 9.54. The fourth-order valence-electron chi connectivity index (χ4n) is 1.83. The largest absolute Gasteiger partial charge is 0.0843 e. The van der Waals surface area contributed by atoms with Crippen LogP contribution in [-0.4, -0.2) is 0 Å². The molecule has 0 atom stereocenters. The predicted octanol–water partition coefficient (Wildman–Crippen LogP) is 4.45. The van der Waals surface area contributed by atoms with Gasteiger partial charge in [0.15, 0.2) is 0 Å². The van der Waals surface area contributed by atoms with Crippen LogP contribution in [0.25, 0.3) is 10.8 Å². The van der Waals surface area contributed by atoms with Gasteiger partial charge in [0.2, 0.25) is 0 Å². The highest BCUT2D eigenvalue weighted by Crippen LogP contribution is 2.24. The molecule has 0 unspecified atom stereocenters. The Bertz CT molecular complexity index is 446. The van der Waals surface area contributed by atoms with Crippen LogP contribution >= 0.6 is 11.6 Å². The third-order valence-corrected chi connectivity index (χ3v) is 2.65. The summed E-state index contributed by atoms with van der Waals surface area (Å²) < 4.78 is 0. The summed E-state index contributed by atoms with van der Waals surface area (Å²) in [4.78, 5) is 0. The zero-order valence-corrected chi connectivity index (χ0v) is 9.01. The van der Waals surface area contributed by atoms with Gasteiger partial charge in [-0.3, -0.25) is 0 Å². The van der Waals surface area contributed by atoms with Crippen molar-refractivity contribution < 1.29 is 0 Å². The van der Waals surface area contributed by atoms with Crippen LogP contribution in [0, 0.1) is 0 Å². The summed E-state index contributed by atoms with van der Waals surface area (Å²) in [5.41, 5.74) is 1.36. The highest BCUT2D eigenvalue weighted by Gasteiger charge is 2.01. The number of benzene rings is 2. The molecule has 0 saturated heterocycles. The van der Waals surface area contributed by atoms with E-state index >= 15 is 0 Å². The molecule has 0 radical (unpaired) electrons. The molecule has 72 valence electrons. The van der Waals surface area contributed by atoms with Crippen molar-refractivity contribution in [2.45, 2.75) is 19.8 Å². The molecule has 0 heterocycles. The highest BCUT2D eigenvalue weighted by molar-refractivity contribution is 6.31. The van der Waals surface area contributed by atoms with Gasteiger partial charge in [-0.15, -0.1) is 0 Å². The van der Waals surface area contributed by atoms with E-state index in [0.29, 0.717) is 0 Å². The van der Waals surface area contributed by atoms with Crippen LogP contribution in [0.2, 0.25) is 5.02 Å². The number of hydrogen-bond acceptors (Lipinski definition) is 0. The van der Waals surface area contributed by atoms with Crippen LogP contribution in [0.4, 0.5) is 0 Å². The van der Waals surface area contributed by atoms with Crippen LogP contribution in [0.15, 0.2) is 36.4 Å². The Morgan fingerprint density at radius 1 is 1.14 bits per heavy atom. The molecule has 0 amide bonds. The molecule has 2 aromatic carbocycles. The molecular formula is C13H13Cl. The average Bonchev–Trinajstić information content (AvgIpc) is 2.18. The molecule has 0 nitrogen and oxygen atoms in total. The van der Waals surface area contributed by atoms with Crippen molar-refractivity contribution in [3.8, 4) is 0 Å². The second kappa shape index (κ2) is 4.02. The minimum atomic E-state index is 0.840. The fraction of sp³-hybridized carbons (Fsp3) is 0.231. The summed E-state index contributed by atoms with van der Waals surface area (Å²) >= 11 is 6.06. The van der Waals surface area contributed by atoms with Gasteiger partial charge in [-0.05, 0) is 34.9 Å². The van der Waals surface area contributed by atoms with Crippen LogP contribution in [0.5, 0.6) is 0 Å². The van der Waals surface area contributed by atoms with Gasteiger partial charge in [0, 0.05) is 5.02 Å². The Morgan fingerprint density at radius 2 is 1.93 bits per heavy atom. The molecule has 2 rings (SSSR count). The molecular weight excluding hydrogens is 192 g/mol. The maximum absolute atomic E-state index is 6.06. The summed E-state index contributed by atoms with van der Waals surface area (Å²) in [7, 11) is 0. The molecule has 0 aliphatic rings. The topological polar surface area (TPSA) is 0 Å². The summed E-state index contributed by atoms with van der Waals surface area (Å²) in [6, 6.07) is 12.5. The van der Waals surface area contributed by atoms with E-state index in [9.17, 15) is 0 Å².